The molecule has 0 amide bonds. The second-order valence-electron chi connectivity index (χ2n) is 6.07. The molecule has 8 heteroatoms. The molecule has 0 aliphatic carbocycles. The smallest absolute Gasteiger partial charge is 0.214 e. The Morgan fingerprint density at radius 2 is 1.71 bits per heavy atom. The van der Waals surface area contributed by atoms with Gasteiger partial charge in [0.15, 0.2) is 0 Å². The van der Waals surface area contributed by atoms with E-state index in [0.717, 1.165) is 11.1 Å². The number of nitrogens with zero attached hydrogens (tertiary/aromatic N) is 4. The van der Waals surface area contributed by atoms with E-state index in [4.69, 9.17) is 0 Å². The Labute approximate surface area is 143 Å². The van der Waals surface area contributed by atoms with Crippen molar-refractivity contribution in [3.63, 3.8) is 0 Å². The molecule has 24 heavy (non-hydrogen) atoms. The SMILES string of the molecule is CC=CC1(c2ccc(C(C)CNS(=O)(=O)C(C)C)cc2)N=NN=N1. The Morgan fingerprint density at radius 1 is 1.12 bits per heavy atom. The molecule has 1 N–H and O–H groups in total. The highest BCUT2D eigenvalue weighted by Crippen LogP contribution is 2.34. The molecule has 2 rings (SSSR count). The fraction of sp³-hybridized carbons (Fsp3) is 0.500. The lowest BCUT2D eigenvalue weighted by Crippen LogP contribution is -2.33. The quantitative estimate of drug-likeness (QED) is 0.760. The first kappa shape index (κ1) is 18.4. The van der Waals surface area contributed by atoms with Crippen molar-refractivity contribution in [3.05, 3.63) is 47.5 Å². The van der Waals surface area contributed by atoms with E-state index in [1.165, 1.54) is 0 Å². The molecule has 0 fully saturated rings. The van der Waals surface area contributed by atoms with Crippen molar-refractivity contribution in [1.82, 2.24) is 4.72 Å². The van der Waals surface area contributed by atoms with Crippen LogP contribution in [0, 0.1) is 0 Å². The maximum atomic E-state index is 11.8. The van der Waals surface area contributed by atoms with Gasteiger partial charge in [0.2, 0.25) is 15.7 Å². The van der Waals surface area contributed by atoms with Crippen LogP contribution in [0.3, 0.4) is 0 Å². The molecule has 0 saturated carbocycles. The Hall–Kier alpha value is -1.93. The topological polar surface area (TPSA) is 95.6 Å². The zero-order valence-corrected chi connectivity index (χ0v) is 15.2. The summed E-state index contributed by atoms with van der Waals surface area (Å²) < 4.78 is 26.3. The van der Waals surface area contributed by atoms with Gasteiger partial charge >= 0.3 is 0 Å². The fourth-order valence-electron chi connectivity index (χ4n) is 2.29. The summed E-state index contributed by atoms with van der Waals surface area (Å²) in [5.74, 6) is 0.0528. The average molecular weight is 349 g/mol. The number of rotatable bonds is 7. The molecular formula is C16H23N5O2S. The van der Waals surface area contributed by atoms with Gasteiger partial charge in [-0.15, -0.1) is 10.2 Å². The monoisotopic (exact) mass is 349 g/mol. The first-order chi connectivity index (χ1) is 11.3. The lowest BCUT2D eigenvalue weighted by atomic mass is 9.95. The lowest BCUT2D eigenvalue weighted by molar-refractivity contribution is 0.566. The molecule has 0 bridgehead atoms. The van der Waals surface area contributed by atoms with E-state index < -0.39 is 20.9 Å². The summed E-state index contributed by atoms with van der Waals surface area (Å²) in [4.78, 5) is 0. The predicted molar refractivity (Wildman–Crippen MR) is 93.1 cm³/mol. The summed E-state index contributed by atoms with van der Waals surface area (Å²) in [5, 5.41) is 15.0. The van der Waals surface area contributed by atoms with Crippen molar-refractivity contribution in [2.24, 2.45) is 20.7 Å². The number of nitrogens with one attached hydrogen (secondary N) is 1. The minimum absolute atomic E-state index is 0.0528. The molecule has 0 radical (unpaired) electrons. The summed E-state index contributed by atoms with van der Waals surface area (Å²) in [6.45, 7) is 7.55. The summed E-state index contributed by atoms with van der Waals surface area (Å²) in [5.41, 5.74) is 1.02. The van der Waals surface area contributed by atoms with Crippen molar-refractivity contribution in [1.29, 1.82) is 0 Å². The van der Waals surface area contributed by atoms with Crippen LogP contribution in [0.15, 0.2) is 57.1 Å². The highest BCUT2D eigenvalue weighted by Gasteiger charge is 2.32. The van der Waals surface area contributed by atoms with E-state index in [-0.39, 0.29) is 5.92 Å². The van der Waals surface area contributed by atoms with Crippen molar-refractivity contribution in [2.45, 2.75) is 44.5 Å². The molecule has 1 aromatic carbocycles. The van der Waals surface area contributed by atoms with Gasteiger partial charge in [-0.3, -0.25) is 0 Å². The van der Waals surface area contributed by atoms with Crippen LogP contribution in [-0.4, -0.2) is 20.2 Å². The maximum absolute atomic E-state index is 11.8. The first-order valence-corrected chi connectivity index (χ1v) is 9.42. The lowest BCUT2D eigenvalue weighted by Gasteiger charge is -2.18. The van der Waals surface area contributed by atoms with E-state index in [0.29, 0.717) is 6.54 Å². The molecule has 0 saturated heterocycles. The van der Waals surface area contributed by atoms with Crippen LogP contribution < -0.4 is 4.72 Å². The van der Waals surface area contributed by atoms with Gasteiger partial charge in [-0.05, 0) is 48.8 Å². The zero-order chi connectivity index (χ0) is 17.8. The molecule has 1 aliphatic rings. The maximum Gasteiger partial charge on any atom is 0.238 e. The fourth-order valence-corrected chi connectivity index (χ4v) is 3.11. The molecule has 7 nitrogen and oxygen atoms in total. The summed E-state index contributed by atoms with van der Waals surface area (Å²) in [6.07, 6.45) is 3.70. The van der Waals surface area contributed by atoms with Crippen LogP contribution in [0.2, 0.25) is 0 Å². The highest BCUT2D eigenvalue weighted by molar-refractivity contribution is 7.90. The molecule has 0 spiro atoms. The first-order valence-electron chi connectivity index (χ1n) is 7.87. The van der Waals surface area contributed by atoms with Gasteiger partial charge in [0.25, 0.3) is 0 Å². The number of allylic oxidation sites excluding steroid dienone is 1. The van der Waals surface area contributed by atoms with Gasteiger partial charge in [-0.25, -0.2) is 13.1 Å². The van der Waals surface area contributed by atoms with Gasteiger partial charge in [0, 0.05) is 12.1 Å². The van der Waals surface area contributed by atoms with Gasteiger partial charge in [-0.2, -0.15) is 0 Å². The molecular weight excluding hydrogens is 326 g/mol. The van der Waals surface area contributed by atoms with Crippen molar-refractivity contribution in [3.8, 4) is 0 Å². The highest BCUT2D eigenvalue weighted by atomic mass is 32.2. The molecule has 0 aromatic heterocycles. The van der Waals surface area contributed by atoms with Gasteiger partial charge in [0.05, 0.1) is 5.25 Å². The van der Waals surface area contributed by atoms with Gasteiger partial charge in [-0.1, -0.05) is 37.3 Å². The normalized spacial score (nSPS) is 17.9. The minimum atomic E-state index is -3.25. The van der Waals surface area contributed by atoms with Crippen LogP contribution >= 0.6 is 0 Å². The Kier molecular flexibility index (Phi) is 5.61. The molecule has 1 heterocycles. The van der Waals surface area contributed by atoms with Gasteiger partial charge < -0.3 is 0 Å². The van der Waals surface area contributed by atoms with Crippen LogP contribution in [-0.2, 0) is 15.7 Å². The van der Waals surface area contributed by atoms with Crippen molar-refractivity contribution in [2.75, 3.05) is 6.54 Å². The van der Waals surface area contributed by atoms with Crippen LogP contribution in [0.1, 0.15) is 44.7 Å². The van der Waals surface area contributed by atoms with Crippen molar-refractivity contribution >= 4 is 10.0 Å². The largest absolute Gasteiger partial charge is 0.238 e. The number of hydrogen-bond acceptors (Lipinski definition) is 6. The molecule has 1 aliphatic heterocycles. The van der Waals surface area contributed by atoms with Crippen LogP contribution in [0.5, 0.6) is 0 Å². The minimum Gasteiger partial charge on any atom is -0.214 e. The van der Waals surface area contributed by atoms with Crippen LogP contribution in [0.4, 0.5) is 0 Å². The van der Waals surface area contributed by atoms with Gasteiger partial charge in [0.1, 0.15) is 0 Å². The average Bonchev–Trinajstić information content (AvgIpc) is 3.03. The molecule has 1 aromatic rings. The Bertz CT molecular complexity index is 739. The van der Waals surface area contributed by atoms with Crippen molar-refractivity contribution < 1.29 is 8.42 Å². The van der Waals surface area contributed by atoms with E-state index in [2.05, 4.69) is 25.4 Å². The summed E-state index contributed by atoms with van der Waals surface area (Å²) in [7, 11) is -3.25. The summed E-state index contributed by atoms with van der Waals surface area (Å²) in [6, 6.07) is 7.76. The third-order valence-electron chi connectivity index (χ3n) is 3.95. The zero-order valence-electron chi connectivity index (χ0n) is 14.3. The third kappa shape index (κ3) is 3.93. The Balaban J connectivity index is 2.12. The summed E-state index contributed by atoms with van der Waals surface area (Å²) >= 11 is 0. The molecule has 130 valence electrons. The number of sulfonamides is 1. The van der Waals surface area contributed by atoms with E-state index >= 15 is 0 Å². The van der Waals surface area contributed by atoms with Crippen LogP contribution in [0.25, 0.3) is 0 Å². The second kappa shape index (κ2) is 7.31. The Morgan fingerprint density at radius 3 is 2.21 bits per heavy atom. The van der Waals surface area contributed by atoms with E-state index in [1.54, 1.807) is 13.8 Å². The molecule has 1 unspecified atom stereocenters. The van der Waals surface area contributed by atoms with E-state index in [9.17, 15) is 8.42 Å². The third-order valence-corrected chi connectivity index (χ3v) is 5.76. The second-order valence-corrected chi connectivity index (χ2v) is 8.39. The predicted octanol–water partition coefficient (Wildman–Crippen LogP) is 3.68. The number of hydrogen-bond donors (Lipinski definition) is 1. The number of benzene rings is 1. The van der Waals surface area contributed by atoms with E-state index in [1.807, 2.05) is 50.3 Å². The molecule has 1 atom stereocenters. The standard InChI is InChI=1S/C16H23N5O2S/c1-5-10-16(18-20-21-19-16)15-8-6-14(7-9-15)13(4)11-17-24(22,23)12(2)3/h5-10,12-13,17H,11H2,1-4H3.